The van der Waals surface area contributed by atoms with Crippen LogP contribution in [0, 0.1) is 18.3 Å². The highest BCUT2D eigenvalue weighted by Crippen LogP contribution is 2.27. The number of ketones is 1. The molecule has 0 spiro atoms. The summed E-state index contributed by atoms with van der Waals surface area (Å²) in [6.45, 7) is 0. The number of carbonyl (C=O) groups is 4. The molecule has 0 bridgehead atoms. The van der Waals surface area contributed by atoms with Crippen molar-refractivity contribution in [1.29, 1.82) is 0 Å². The van der Waals surface area contributed by atoms with E-state index in [0.717, 1.165) is 11.8 Å². The maximum Gasteiger partial charge on any atom is 0.328 e. The minimum atomic E-state index is -1.08. The fourth-order valence-electron chi connectivity index (χ4n) is 4.04. The van der Waals surface area contributed by atoms with Gasteiger partial charge in [-0.15, -0.1) is 12.3 Å². The molecule has 1 aliphatic carbocycles. The molecular formula is C24H27N3O6. The van der Waals surface area contributed by atoms with E-state index in [4.69, 9.17) is 15.9 Å². The summed E-state index contributed by atoms with van der Waals surface area (Å²) in [5.74, 6) is 0.910. The van der Waals surface area contributed by atoms with Gasteiger partial charge in [0.2, 0.25) is 5.91 Å². The number of fused-ring (bicyclic) bond motifs is 1. The zero-order valence-electron chi connectivity index (χ0n) is 18.6. The van der Waals surface area contributed by atoms with Crippen molar-refractivity contribution in [1.82, 2.24) is 15.6 Å². The predicted octanol–water partition coefficient (Wildman–Crippen LogP) is 1.72. The highest BCUT2D eigenvalue weighted by atomic mass is 16.5. The number of Topliss-reactive ketones (excluding diaryl/α,β-unsaturated/α-hetero) is 1. The van der Waals surface area contributed by atoms with Crippen LogP contribution in [0.3, 0.4) is 0 Å². The molecule has 1 saturated carbocycles. The first-order valence-electron chi connectivity index (χ1n) is 10.7. The smallest absolute Gasteiger partial charge is 0.328 e. The first-order valence-corrected chi connectivity index (χ1v) is 10.7. The molecule has 1 aliphatic rings. The second kappa shape index (κ2) is 10.7. The van der Waals surface area contributed by atoms with Crippen LogP contribution in [-0.4, -0.2) is 54.9 Å². The first-order chi connectivity index (χ1) is 15.9. The normalized spacial score (nSPS) is 17.1. The lowest BCUT2D eigenvalue weighted by Crippen LogP contribution is -2.52. The van der Waals surface area contributed by atoms with Crippen molar-refractivity contribution in [2.24, 2.45) is 5.92 Å². The molecular weight excluding hydrogens is 426 g/mol. The van der Waals surface area contributed by atoms with E-state index in [1.54, 1.807) is 24.3 Å². The molecule has 1 aromatic heterocycles. The third kappa shape index (κ3) is 5.52. The van der Waals surface area contributed by atoms with E-state index in [9.17, 15) is 19.2 Å². The van der Waals surface area contributed by atoms with Crippen molar-refractivity contribution in [3.05, 3.63) is 30.0 Å². The van der Waals surface area contributed by atoms with Crippen LogP contribution in [0.15, 0.2) is 24.3 Å². The summed E-state index contributed by atoms with van der Waals surface area (Å²) < 4.78 is 10.1. The Morgan fingerprint density at radius 2 is 2.03 bits per heavy atom. The molecule has 2 amide bonds. The molecule has 1 fully saturated rings. The Bertz CT molecular complexity index is 1100. The highest BCUT2D eigenvalue weighted by molar-refractivity contribution is 6.01. The van der Waals surface area contributed by atoms with Gasteiger partial charge in [0.15, 0.2) is 0 Å². The van der Waals surface area contributed by atoms with Gasteiger partial charge < -0.3 is 25.1 Å². The SMILES string of the molecule is C#CC[C@H](NC(=O)c1cc2c(OC)cccc2[nH]1)C(=O)N[C@@H](C[C@@H]1CCCC1=O)C(=O)OC. The van der Waals surface area contributed by atoms with Crippen molar-refractivity contribution in [2.75, 3.05) is 14.2 Å². The van der Waals surface area contributed by atoms with Crippen LogP contribution in [0.25, 0.3) is 10.9 Å². The van der Waals surface area contributed by atoms with Crippen molar-refractivity contribution in [3.8, 4) is 18.1 Å². The summed E-state index contributed by atoms with van der Waals surface area (Å²) in [6.07, 6.45) is 7.36. The fourth-order valence-corrected chi connectivity index (χ4v) is 4.04. The summed E-state index contributed by atoms with van der Waals surface area (Å²) in [5, 5.41) is 5.93. The molecule has 9 heteroatoms. The lowest BCUT2D eigenvalue weighted by Gasteiger charge is -2.22. The molecule has 1 heterocycles. The Hall–Kier alpha value is -3.80. The molecule has 2 aromatic rings. The molecule has 3 rings (SSSR count). The van der Waals surface area contributed by atoms with E-state index in [0.29, 0.717) is 24.1 Å². The Kier molecular flexibility index (Phi) is 7.72. The molecule has 9 nitrogen and oxygen atoms in total. The third-order valence-corrected chi connectivity index (χ3v) is 5.79. The van der Waals surface area contributed by atoms with Gasteiger partial charge in [-0.1, -0.05) is 6.07 Å². The zero-order chi connectivity index (χ0) is 24.0. The van der Waals surface area contributed by atoms with Crippen LogP contribution >= 0.6 is 0 Å². The Labute approximate surface area is 191 Å². The van der Waals surface area contributed by atoms with Crippen molar-refractivity contribution in [3.63, 3.8) is 0 Å². The number of methoxy groups -OCH3 is 2. The standard InChI is InChI=1S/C24H27N3O6/c1-4-7-17(22(29)27-19(24(31)33-3)12-14-8-5-10-20(14)28)26-23(30)18-13-15-16(25-18)9-6-11-21(15)32-2/h1,6,9,11,13-14,17,19,25H,5,7-8,10,12H2,2-3H3,(H,26,30)(H,27,29)/t14-,17-,19-/m0/s1. The fraction of sp³-hybridized carbons (Fsp3) is 0.417. The van der Waals surface area contributed by atoms with E-state index in [1.807, 2.05) is 0 Å². The van der Waals surface area contributed by atoms with Crippen LogP contribution in [0.4, 0.5) is 0 Å². The van der Waals surface area contributed by atoms with Gasteiger partial charge >= 0.3 is 5.97 Å². The lowest BCUT2D eigenvalue weighted by atomic mass is 9.97. The van der Waals surface area contributed by atoms with E-state index < -0.39 is 29.9 Å². The number of terminal acetylenes is 1. The van der Waals surface area contributed by atoms with Crippen molar-refractivity contribution in [2.45, 2.75) is 44.2 Å². The van der Waals surface area contributed by atoms with Crippen LogP contribution < -0.4 is 15.4 Å². The number of hydrogen-bond donors (Lipinski definition) is 3. The highest BCUT2D eigenvalue weighted by Gasteiger charge is 2.33. The largest absolute Gasteiger partial charge is 0.496 e. The number of aromatic amines is 1. The van der Waals surface area contributed by atoms with Gasteiger partial charge in [-0.25, -0.2) is 4.79 Å². The van der Waals surface area contributed by atoms with Gasteiger partial charge in [0.05, 0.1) is 14.2 Å². The molecule has 174 valence electrons. The summed E-state index contributed by atoms with van der Waals surface area (Å²) in [6, 6.07) is 4.89. The van der Waals surface area contributed by atoms with Crippen molar-refractivity contribution < 1.29 is 28.7 Å². The third-order valence-electron chi connectivity index (χ3n) is 5.79. The number of esters is 1. The number of benzene rings is 1. The van der Waals surface area contributed by atoms with Gasteiger partial charge in [-0.2, -0.15) is 0 Å². The first kappa shape index (κ1) is 23.9. The second-order valence-corrected chi connectivity index (χ2v) is 7.91. The lowest BCUT2D eigenvalue weighted by molar-refractivity contribution is -0.146. The summed E-state index contributed by atoms with van der Waals surface area (Å²) >= 11 is 0. The Balaban J connectivity index is 1.73. The van der Waals surface area contributed by atoms with Crippen LogP contribution in [0.1, 0.15) is 42.6 Å². The van der Waals surface area contributed by atoms with E-state index in [2.05, 4.69) is 21.5 Å². The minimum Gasteiger partial charge on any atom is -0.496 e. The zero-order valence-corrected chi connectivity index (χ0v) is 18.6. The number of H-pyrrole nitrogens is 1. The average molecular weight is 453 g/mol. The number of carbonyl (C=O) groups excluding carboxylic acids is 4. The van der Waals surface area contributed by atoms with Gasteiger partial charge in [0.25, 0.3) is 5.91 Å². The average Bonchev–Trinajstić information content (AvgIpc) is 3.43. The Morgan fingerprint density at radius 3 is 2.67 bits per heavy atom. The quantitative estimate of drug-likeness (QED) is 0.392. The summed E-state index contributed by atoms with van der Waals surface area (Å²) in [7, 11) is 2.74. The van der Waals surface area contributed by atoms with Gasteiger partial charge in [0.1, 0.15) is 29.3 Å². The number of aromatic nitrogens is 1. The Morgan fingerprint density at radius 1 is 1.24 bits per heavy atom. The molecule has 3 N–H and O–H groups in total. The molecule has 1 aromatic carbocycles. The van der Waals surface area contributed by atoms with Gasteiger partial charge in [-0.3, -0.25) is 14.4 Å². The number of nitrogens with one attached hydrogen (secondary N) is 3. The molecule has 0 aliphatic heterocycles. The number of amides is 2. The van der Waals surface area contributed by atoms with E-state index >= 15 is 0 Å². The summed E-state index contributed by atoms with van der Waals surface area (Å²) in [4.78, 5) is 53.0. The molecule has 0 unspecified atom stereocenters. The van der Waals surface area contributed by atoms with Gasteiger partial charge in [0, 0.05) is 29.7 Å². The second-order valence-electron chi connectivity index (χ2n) is 7.91. The van der Waals surface area contributed by atoms with E-state index in [-0.39, 0.29) is 30.2 Å². The van der Waals surface area contributed by atoms with Crippen molar-refractivity contribution >= 4 is 34.5 Å². The topological polar surface area (TPSA) is 127 Å². The monoisotopic (exact) mass is 453 g/mol. The maximum atomic E-state index is 12.9. The summed E-state index contributed by atoms with van der Waals surface area (Å²) in [5.41, 5.74) is 0.926. The van der Waals surface area contributed by atoms with Crippen LogP contribution in [0.2, 0.25) is 0 Å². The number of ether oxygens (including phenoxy) is 2. The number of rotatable bonds is 9. The maximum absolute atomic E-state index is 12.9. The van der Waals surface area contributed by atoms with Crippen LogP contribution in [0.5, 0.6) is 5.75 Å². The molecule has 3 atom stereocenters. The molecule has 0 saturated heterocycles. The van der Waals surface area contributed by atoms with Gasteiger partial charge in [-0.05, 0) is 37.5 Å². The van der Waals surface area contributed by atoms with E-state index in [1.165, 1.54) is 14.2 Å². The van der Waals surface area contributed by atoms with Crippen LogP contribution in [-0.2, 0) is 19.1 Å². The number of hydrogen-bond acceptors (Lipinski definition) is 6. The predicted molar refractivity (Wildman–Crippen MR) is 120 cm³/mol. The minimum absolute atomic E-state index is 0.0702. The molecule has 0 radical (unpaired) electrons. The molecule has 33 heavy (non-hydrogen) atoms.